The minimum Gasteiger partial charge on any atom is -0.496 e. The van der Waals surface area contributed by atoms with Gasteiger partial charge in [-0.05, 0) is 18.2 Å². The first-order valence-electron chi connectivity index (χ1n) is 6.39. The first kappa shape index (κ1) is 14.8. The first-order valence-corrected chi connectivity index (χ1v) is 6.39. The highest BCUT2D eigenvalue weighted by atomic mass is 19.1. The lowest BCUT2D eigenvalue weighted by Crippen LogP contribution is -2.15. The first-order chi connectivity index (χ1) is 10.1. The third kappa shape index (κ3) is 3.72. The van der Waals surface area contributed by atoms with E-state index in [1.165, 1.54) is 25.3 Å². The molecule has 5 heteroatoms. The molecule has 2 aromatic carbocycles. The molecule has 0 aliphatic heterocycles. The van der Waals surface area contributed by atoms with Crippen molar-refractivity contribution in [3.63, 3.8) is 0 Å². The van der Waals surface area contributed by atoms with E-state index in [1.54, 1.807) is 19.2 Å². The molecule has 0 saturated heterocycles. The van der Waals surface area contributed by atoms with Gasteiger partial charge >= 0.3 is 0 Å². The number of halogens is 1. The van der Waals surface area contributed by atoms with E-state index in [2.05, 4.69) is 5.32 Å². The van der Waals surface area contributed by atoms with Crippen LogP contribution in [-0.2, 0) is 11.2 Å². The van der Waals surface area contributed by atoms with Crippen molar-refractivity contribution in [2.24, 2.45) is 0 Å². The van der Waals surface area contributed by atoms with E-state index in [4.69, 9.17) is 9.47 Å². The second-order valence-corrected chi connectivity index (χ2v) is 4.38. The maximum absolute atomic E-state index is 13.3. The Labute approximate surface area is 122 Å². The molecule has 4 nitrogen and oxygen atoms in total. The molecule has 0 radical (unpaired) electrons. The average molecular weight is 289 g/mol. The van der Waals surface area contributed by atoms with Crippen molar-refractivity contribution in [3.05, 3.63) is 53.8 Å². The van der Waals surface area contributed by atoms with Gasteiger partial charge in [0.05, 0.1) is 26.3 Å². The third-order valence-electron chi connectivity index (χ3n) is 2.98. The van der Waals surface area contributed by atoms with Crippen LogP contribution in [0.1, 0.15) is 5.56 Å². The monoisotopic (exact) mass is 289 g/mol. The summed E-state index contributed by atoms with van der Waals surface area (Å²) in [5.41, 5.74) is 1.06. The fraction of sp³-hybridized carbons (Fsp3) is 0.188. The number of hydrogen-bond acceptors (Lipinski definition) is 3. The maximum Gasteiger partial charge on any atom is 0.229 e. The summed E-state index contributed by atoms with van der Waals surface area (Å²) in [6.07, 6.45) is 0.129. The summed E-state index contributed by atoms with van der Waals surface area (Å²) in [4.78, 5) is 12.1. The topological polar surface area (TPSA) is 47.6 Å². The van der Waals surface area contributed by atoms with Crippen LogP contribution < -0.4 is 14.8 Å². The van der Waals surface area contributed by atoms with Crippen LogP contribution in [0.5, 0.6) is 11.5 Å². The maximum atomic E-state index is 13.3. The molecule has 2 rings (SSSR count). The number of nitrogens with one attached hydrogen (secondary N) is 1. The Morgan fingerprint density at radius 1 is 1.10 bits per heavy atom. The molecule has 0 bridgehead atoms. The Kier molecular flexibility index (Phi) is 4.77. The highest BCUT2D eigenvalue weighted by molar-refractivity contribution is 5.94. The number of para-hydroxylation sites is 1. The van der Waals surface area contributed by atoms with Gasteiger partial charge in [0, 0.05) is 11.6 Å². The van der Waals surface area contributed by atoms with E-state index < -0.39 is 5.82 Å². The van der Waals surface area contributed by atoms with E-state index >= 15 is 0 Å². The summed E-state index contributed by atoms with van der Waals surface area (Å²) in [6, 6.07) is 11.2. The van der Waals surface area contributed by atoms with Crippen LogP contribution in [0.2, 0.25) is 0 Å². The quantitative estimate of drug-likeness (QED) is 0.920. The van der Waals surface area contributed by atoms with Crippen molar-refractivity contribution in [2.75, 3.05) is 19.5 Å². The number of carbonyl (C=O) groups excluding carboxylic acids is 1. The lowest BCUT2D eigenvalue weighted by molar-refractivity contribution is -0.115. The Morgan fingerprint density at radius 2 is 1.81 bits per heavy atom. The van der Waals surface area contributed by atoms with Gasteiger partial charge in [-0.15, -0.1) is 0 Å². The van der Waals surface area contributed by atoms with Crippen LogP contribution in [0.4, 0.5) is 10.1 Å². The van der Waals surface area contributed by atoms with Crippen LogP contribution >= 0.6 is 0 Å². The van der Waals surface area contributed by atoms with E-state index in [0.717, 1.165) is 5.56 Å². The zero-order valence-corrected chi connectivity index (χ0v) is 11.9. The van der Waals surface area contributed by atoms with Gasteiger partial charge < -0.3 is 14.8 Å². The molecule has 0 spiro atoms. The zero-order valence-electron chi connectivity index (χ0n) is 11.9. The molecule has 0 saturated carbocycles. The van der Waals surface area contributed by atoms with Gasteiger partial charge in [-0.25, -0.2) is 4.39 Å². The average Bonchev–Trinajstić information content (AvgIpc) is 2.48. The van der Waals surface area contributed by atoms with Crippen LogP contribution in [0.15, 0.2) is 42.5 Å². The Bertz CT molecular complexity index is 643. The van der Waals surface area contributed by atoms with Gasteiger partial charge in [-0.1, -0.05) is 18.2 Å². The second kappa shape index (κ2) is 6.74. The lowest BCUT2D eigenvalue weighted by atomic mass is 10.1. The van der Waals surface area contributed by atoms with Crippen LogP contribution in [-0.4, -0.2) is 20.1 Å². The van der Waals surface area contributed by atoms with Crippen molar-refractivity contribution in [1.82, 2.24) is 0 Å². The van der Waals surface area contributed by atoms with Crippen LogP contribution in [0, 0.1) is 5.82 Å². The molecule has 0 unspecified atom stereocenters. The standard InChI is InChI=1S/C16H16FNO3/c1-20-14-6-4-3-5-11(14)9-16(19)18-13-10-12(17)7-8-15(13)21-2/h3-8,10H,9H2,1-2H3,(H,18,19). The van der Waals surface area contributed by atoms with Crippen molar-refractivity contribution in [1.29, 1.82) is 0 Å². The van der Waals surface area contributed by atoms with E-state index in [0.29, 0.717) is 17.2 Å². The minimum absolute atomic E-state index is 0.129. The highest BCUT2D eigenvalue weighted by Crippen LogP contribution is 2.25. The van der Waals surface area contributed by atoms with Crippen molar-refractivity contribution < 1.29 is 18.7 Å². The third-order valence-corrected chi connectivity index (χ3v) is 2.98. The zero-order chi connectivity index (χ0) is 15.2. The molecular formula is C16H16FNO3. The van der Waals surface area contributed by atoms with Crippen LogP contribution in [0.3, 0.4) is 0 Å². The summed E-state index contributed by atoms with van der Waals surface area (Å²) in [6.45, 7) is 0. The van der Waals surface area contributed by atoms with Gasteiger partial charge in [0.25, 0.3) is 0 Å². The smallest absolute Gasteiger partial charge is 0.229 e. The van der Waals surface area contributed by atoms with Crippen LogP contribution in [0.25, 0.3) is 0 Å². The highest BCUT2D eigenvalue weighted by Gasteiger charge is 2.11. The second-order valence-electron chi connectivity index (χ2n) is 4.38. The summed E-state index contributed by atoms with van der Waals surface area (Å²) in [5.74, 6) is 0.329. The number of hydrogen-bond donors (Lipinski definition) is 1. The molecule has 0 atom stereocenters. The normalized spacial score (nSPS) is 10.0. The van der Waals surface area contributed by atoms with Gasteiger partial charge in [-0.3, -0.25) is 4.79 Å². The minimum atomic E-state index is -0.441. The molecule has 0 heterocycles. The van der Waals surface area contributed by atoms with E-state index in [1.807, 2.05) is 12.1 Å². The summed E-state index contributed by atoms with van der Waals surface area (Å²) < 4.78 is 23.5. The SMILES string of the molecule is COc1ccccc1CC(=O)Nc1cc(F)ccc1OC. The largest absolute Gasteiger partial charge is 0.496 e. The predicted molar refractivity (Wildman–Crippen MR) is 78.3 cm³/mol. The molecule has 0 aliphatic rings. The summed E-state index contributed by atoms with van der Waals surface area (Å²) in [7, 11) is 3.01. The number of carbonyl (C=O) groups is 1. The van der Waals surface area contributed by atoms with Gasteiger partial charge in [0.2, 0.25) is 5.91 Å². The van der Waals surface area contributed by atoms with Crippen molar-refractivity contribution in [2.45, 2.75) is 6.42 Å². The Hall–Kier alpha value is -2.56. The van der Waals surface area contributed by atoms with Gasteiger partial charge in [0.1, 0.15) is 17.3 Å². The number of rotatable bonds is 5. The Morgan fingerprint density at radius 3 is 2.52 bits per heavy atom. The van der Waals surface area contributed by atoms with Gasteiger partial charge in [0.15, 0.2) is 0 Å². The summed E-state index contributed by atoms with van der Waals surface area (Å²) in [5, 5.41) is 2.64. The molecular weight excluding hydrogens is 273 g/mol. The van der Waals surface area contributed by atoms with E-state index in [-0.39, 0.29) is 12.3 Å². The van der Waals surface area contributed by atoms with Crippen molar-refractivity contribution in [3.8, 4) is 11.5 Å². The number of methoxy groups -OCH3 is 2. The molecule has 2 aromatic rings. The Balaban J connectivity index is 2.13. The summed E-state index contributed by atoms with van der Waals surface area (Å²) >= 11 is 0. The number of anilines is 1. The van der Waals surface area contributed by atoms with E-state index in [9.17, 15) is 9.18 Å². The van der Waals surface area contributed by atoms with Gasteiger partial charge in [-0.2, -0.15) is 0 Å². The predicted octanol–water partition coefficient (Wildman–Crippen LogP) is 3.02. The molecule has 21 heavy (non-hydrogen) atoms. The molecule has 1 amide bonds. The fourth-order valence-electron chi connectivity index (χ4n) is 1.99. The molecule has 0 fully saturated rings. The van der Waals surface area contributed by atoms with Crippen molar-refractivity contribution >= 4 is 11.6 Å². The molecule has 0 aliphatic carbocycles. The number of amides is 1. The lowest BCUT2D eigenvalue weighted by Gasteiger charge is -2.11. The number of ether oxygens (including phenoxy) is 2. The fourth-order valence-corrected chi connectivity index (χ4v) is 1.99. The molecule has 1 N–H and O–H groups in total. The number of benzene rings is 2. The molecule has 110 valence electrons. The molecule has 0 aromatic heterocycles.